The molecular formula is C18H20O2. The number of aliphatic hydroxyl groups is 1. The minimum atomic E-state index is -0.901. The second-order valence-electron chi connectivity index (χ2n) is 5.46. The van der Waals surface area contributed by atoms with E-state index < -0.39 is 5.60 Å². The van der Waals surface area contributed by atoms with Crippen molar-refractivity contribution in [1.29, 1.82) is 0 Å². The van der Waals surface area contributed by atoms with E-state index in [1.54, 1.807) is 7.11 Å². The monoisotopic (exact) mass is 268 g/mol. The van der Waals surface area contributed by atoms with Gasteiger partial charge < -0.3 is 9.84 Å². The van der Waals surface area contributed by atoms with Crippen LogP contribution in [0.25, 0.3) is 0 Å². The van der Waals surface area contributed by atoms with Gasteiger partial charge >= 0.3 is 0 Å². The van der Waals surface area contributed by atoms with Crippen LogP contribution in [0.15, 0.2) is 48.5 Å². The summed E-state index contributed by atoms with van der Waals surface area (Å²) >= 11 is 0. The molecule has 2 heteroatoms. The zero-order chi connectivity index (χ0) is 14.0. The van der Waals surface area contributed by atoms with Crippen molar-refractivity contribution in [3.05, 3.63) is 65.2 Å². The maximum absolute atomic E-state index is 11.3. The standard InChI is InChI=1S/C18H20O2/c1-20-16-10-6-9-15(13-16)18(19)12-5-4-8-14-7-2-3-11-17(14)18/h2-3,6-7,9-11,13,19H,4-5,8,12H2,1H3. The van der Waals surface area contributed by atoms with Crippen molar-refractivity contribution in [3.8, 4) is 5.75 Å². The summed E-state index contributed by atoms with van der Waals surface area (Å²) in [5.74, 6) is 0.789. The van der Waals surface area contributed by atoms with Crippen LogP contribution in [0.3, 0.4) is 0 Å². The molecule has 2 nitrogen and oxygen atoms in total. The molecule has 1 aliphatic rings. The first kappa shape index (κ1) is 13.2. The number of methoxy groups -OCH3 is 1. The molecule has 1 N–H and O–H groups in total. The lowest BCUT2D eigenvalue weighted by Gasteiger charge is -2.30. The minimum absolute atomic E-state index is 0.761. The van der Waals surface area contributed by atoms with Crippen LogP contribution in [0.4, 0.5) is 0 Å². The molecule has 0 amide bonds. The van der Waals surface area contributed by atoms with Gasteiger partial charge in [-0.15, -0.1) is 0 Å². The van der Waals surface area contributed by atoms with Gasteiger partial charge in [0.05, 0.1) is 7.11 Å². The summed E-state index contributed by atoms with van der Waals surface area (Å²) in [6.45, 7) is 0. The van der Waals surface area contributed by atoms with Gasteiger partial charge in [0.2, 0.25) is 0 Å². The first-order chi connectivity index (χ1) is 9.74. The van der Waals surface area contributed by atoms with Gasteiger partial charge in [0.1, 0.15) is 11.4 Å². The number of benzene rings is 2. The second kappa shape index (κ2) is 5.29. The fraction of sp³-hybridized carbons (Fsp3) is 0.333. The van der Waals surface area contributed by atoms with Crippen LogP contribution < -0.4 is 4.74 Å². The van der Waals surface area contributed by atoms with Crippen molar-refractivity contribution in [2.45, 2.75) is 31.3 Å². The van der Waals surface area contributed by atoms with Crippen molar-refractivity contribution in [1.82, 2.24) is 0 Å². The fourth-order valence-electron chi connectivity index (χ4n) is 3.15. The number of ether oxygens (including phenoxy) is 1. The normalized spacial score (nSPS) is 21.9. The molecular weight excluding hydrogens is 248 g/mol. The third-order valence-electron chi connectivity index (χ3n) is 4.24. The van der Waals surface area contributed by atoms with Crippen LogP contribution >= 0.6 is 0 Å². The van der Waals surface area contributed by atoms with E-state index in [1.807, 2.05) is 30.3 Å². The summed E-state index contributed by atoms with van der Waals surface area (Å²) in [5, 5.41) is 11.3. The van der Waals surface area contributed by atoms with Gasteiger partial charge in [0.15, 0.2) is 0 Å². The quantitative estimate of drug-likeness (QED) is 0.842. The Bertz CT molecular complexity index is 606. The van der Waals surface area contributed by atoms with Crippen LogP contribution in [0, 0.1) is 0 Å². The maximum Gasteiger partial charge on any atom is 0.119 e. The molecule has 0 spiro atoms. The molecule has 0 fully saturated rings. The third kappa shape index (κ3) is 2.20. The molecule has 104 valence electrons. The molecule has 20 heavy (non-hydrogen) atoms. The Labute approximate surface area is 120 Å². The molecule has 0 radical (unpaired) electrons. The van der Waals surface area contributed by atoms with Crippen molar-refractivity contribution < 1.29 is 9.84 Å². The lowest BCUT2D eigenvalue weighted by atomic mass is 9.82. The Balaban J connectivity index is 2.14. The summed E-state index contributed by atoms with van der Waals surface area (Å²) in [4.78, 5) is 0. The molecule has 1 unspecified atom stereocenters. The Morgan fingerprint density at radius 1 is 1.05 bits per heavy atom. The first-order valence-electron chi connectivity index (χ1n) is 7.19. The van der Waals surface area contributed by atoms with Crippen molar-refractivity contribution in [3.63, 3.8) is 0 Å². The molecule has 1 aliphatic carbocycles. The molecule has 2 aromatic carbocycles. The Morgan fingerprint density at radius 3 is 2.75 bits per heavy atom. The molecule has 0 saturated carbocycles. The Morgan fingerprint density at radius 2 is 1.90 bits per heavy atom. The predicted octanol–water partition coefficient (Wildman–Crippen LogP) is 3.66. The van der Waals surface area contributed by atoms with Gasteiger partial charge in [0, 0.05) is 0 Å². The fourth-order valence-corrected chi connectivity index (χ4v) is 3.15. The van der Waals surface area contributed by atoms with Crippen molar-refractivity contribution in [2.75, 3.05) is 7.11 Å². The third-order valence-corrected chi connectivity index (χ3v) is 4.24. The number of aryl methyl sites for hydroxylation is 1. The summed E-state index contributed by atoms with van der Waals surface area (Å²) in [7, 11) is 1.66. The van der Waals surface area contributed by atoms with Crippen LogP contribution in [0.2, 0.25) is 0 Å². The van der Waals surface area contributed by atoms with Crippen molar-refractivity contribution in [2.24, 2.45) is 0 Å². The first-order valence-corrected chi connectivity index (χ1v) is 7.19. The van der Waals surface area contributed by atoms with E-state index in [2.05, 4.69) is 18.2 Å². The molecule has 0 aliphatic heterocycles. The number of hydrogen-bond acceptors (Lipinski definition) is 2. The molecule has 1 atom stereocenters. The minimum Gasteiger partial charge on any atom is -0.497 e. The number of hydrogen-bond donors (Lipinski definition) is 1. The van der Waals surface area contributed by atoms with Crippen LogP contribution in [-0.2, 0) is 12.0 Å². The zero-order valence-electron chi connectivity index (χ0n) is 11.8. The summed E-state index contributed by atoms with van der Waals surface area (Å²) < 4.78 is 5.30. The Kier molecular flexibility index (Phi) is 3.49. The lowest BCUT2D eigenvalue weighted by Crippen LogP contribution is -2.27. The van der Waals surface area contributed by atoms with Crippen LogP contribution in [-0.4, -0.2) is 12.2 Å². The van der Waals surface area contributed by atoms with E-state index in [0.717, 1.165) is 42.6 Å². The van der Waals surface area contributed by atoms with Gasteiger partial charge in [0.25, 0.3) is 0 Å². The van der Waals surface area contributed by atoms with Gasteiger partial charge in [-0.1, -0.05) is 36.4 Å². The summed E-state index contributed by atoms with van der Waals surface area (Å²) in [6, 6.07) is 16.0. The van der Waals surface area contributed by atoms with E-state index in [-0.39, 0.29) is 0 Å². The molecule has 0 saturated heterocycles. The predicted molar refractivity (Wildman–Crippen MR) is 80.0 cm³/mol. The highest BCUT2D eigenvalue weighted by Crippen LogP contribution is 2.40. The van der Waals surface area contributed by atoms with E-state index in [1.165, 1.54) is 5.56 Å². The van der Waals surface area contributed by atoms with E-state index in [0.29, 0.717) is 0 Å². The topological polar surface area (TPSA) is 29.5 Å². The average Bonchev–Trinajstić information content (AvgIpc) is 2.68. The van der Waals surface area contributed by atoms with E-state index >= 15 is 0 Å². The Hall–Kier alpha value is -1.80. The molecule has 2 aromatic rings. The zero-order valence-corrected chi connectivity index (χ0v) is 11.8. The highest BCUT2D eigenvalue weighted by molar-refractivity contribution is 5.44. The second-order valence-corrected chi connectivity index (χ2v) is 5.46. The highest BCUT2D eigenvalue weighted by atomic mass is 16.5. The largest absolute Gasteiger partial charge is 0.497 e. The number of rotatable bonds is 2. The SMILES string of the molecule is COc1cccc(C2(O)CCCCc3ccccc32)c1. The summed E-state index contributed by atoms with van der Waals surface area (Å²) in [6.07, 6.45) is 3.96. The maximum atomic E-state index is 11.3. The molecule has 0 aromatic heterocycles. The lowest BCUT2D eigenvalue weighted by molar-refractivity contribution is 0.0702. The molecule has 0 bridgehead atoms. The highest BCUT2D eigenvalue weighted by Gasteiger charge is 2.34. The summed E-state index contributed by atoms with van der Waals surface area (Å²) in [5.41, 5.74) is 2.33. The van der Waals surface area contributed by atoms with Crippen molar-refractivity contribution >= 4 is 0 Å². The molecule has 3 rings (SSSR count). The average molecular weight is 268 g/mol. The molecule has 0 heterocycles. The van der Waals surface area contributed by atoms with E-state index in [9.17, 15) is 5.11 Å². The van der Waals surface area contributed by atoms with Gasteiger partial charge in [-0.2, -0.15) is 0 Å². The number of fused-ring (bicyclic) bond motifs is 1. The van der Waals surface area contributed by atoms with Gasteiger partial charge in [-0.05, 0) is 54.5 Å². The van der Waals surface area contributed by atoms with Gasteiger partial charge in [-0.25, -0.2) is 0 Å². The van der Waals surface area contributed by atoms with E-state index in [4.69, 9.17) is 4.74 Å². The van der Waals surface area contributed by atoms with Crippen LogP contribution in [0.5, 0.6) is 5.75 Å². The van der Waals surface area contributed by atoms with Gasteiger partial charge in [-0.3, -0.25) is 0 Å². The smallest absolute Gasteiger partial charge is 0.119 e. The van der Waals surface area contributed by atoms with Crippen LogP contribution in [0.1, 0.15) is 36.0 Å².